The number of carbonyl (C=O) groups is 1. The predicted octanol–water partition coefficient (Wildman–Crippen LogP) is 1.75. The minimum atomic E-state index is -0.566. The number of aliphatic hydroxyl groups is 1. The Balaban J connectivity index is 3.54. The highest BCUT2D eigenvalue weighted by atomic mass is 79.9. The van der Waals surface area contributed by atoms with E-state index < -0.39 is 5.97 Å². The quantitative estimate of drug-likeness (QED) is 0.859. The third-order valence-corrected chi connectivity index (χ3v) is 3.11. The molecule has 0 saturated heterocycles. The maximum Gasteiger partial charge on any atom is 0.345 e. The van der Waals surface area contributed by atoms with Crippen molar-refractivity contribution in [2.75, 3.05) is 21.3 Å². The smallest absolute Gasteiger partial charge is 0.345 e. The second-order valence-corrected chi connectivity index (χ2v) is 3.90. The van der Waals surface area contributed by atoms with Crippen LogP contribution in [-0.2, 0) is 11.3 Å². The van der Waals surface area contributed by atoms with E-state index in [4.69, 9.17) is 9.47 Å². The van der Waals surface area contributed by atoms with Crippen LogP contribution in [0.2, 0.25) is 0 Å². The van der Waals surface area contributed by atoms with Crippen LogP contribution in [0.1, 0.15) is 15.9 Å². The van der Waals surface area contributed by atoms with Crippen molar-refractivity contribution >= 4 is 21.9 Å². The second kappa shape index (κ2) is 5.88. The molecule has 0 aromatic heterocycles. The van der Waals surface area contributed by atoms with Crippen molar-refractivity contribution in [1.29, 1.82) is 0 Å². The SMILES string of the molecule is COC(=O)c1c(OC)cc(CO)c(Br)c1OC. The van der Waals surface area contributed by atoms with E-state index in [1.807, 2.05) is 0 Å². The molecule has 0 atom stereocenters. The second-order valence-electron chi connectivity index (χ2n) is 3.11. The van der Waals surface area contributed by atoms with Gasteiger partial charge in [-0.3, -0.25) is 0 Å². The number of hydrogen-bond donors (Lipinski definition) is 1. The highest BCUT2D eigenvalue weighted by Gasteiger charge is 2.24. The summed E-state index contributed by atoms with van der Waals surface area (Å²) in [7, 11) is 4.12. The molecule has 94 valence electrons. The molecule has 0 radical (unpaired) electrons. The Morgan fingerprint density at radius 2 is 2.00 bits per heavy atom. The molecule has 1 aromatic carbocycles. The number of benzene rings is 1. The summed E-state index contributed by atoms with van der Waals surface area (Å²) in [6.45, 7) is -0.200. The van der Waals surface area contributed by atoms with Crippen molar-refractivity contribution in [3.05, 3.63) is 21.7 Å². The maximum absolute atomic E-state index is 11.7. The molecule has 0 bridgehead atoms. The van der Waals surface area contributed by atoms with E-state index in [0.29, 0.717) is 15.8 Å². The van der Waals surface area contributed by atoms with Gasteiger partial charge < -0.3 is 19.3 Å². The largest absolute Gasteiger partial charge is 0.496 e. The molecule has 0 aliphatic heterocycles. The average Bonchev–Trinajstić information content (AvgIpc) is 2.37. The van der Waals surface area contributed by atoms with E-state index in [1.54, 1.807) is 6.07 Å². The molecule has 1 N–H and O–H groups in total. The summed E-state index contributed by atoms with van der Waals surface area (Å²) in [4.78, 5) is 11.7. The Morgan fingerprint density at radius 1 is 1.35 bits per heavy atom. The van der Waals surface area contributed by atoms with Crippen molar-refractivity contribution < 1.29 is 24.1 Å². The van der Waals surface area contributed by atoms with Gasteiger partial charge in [-0.25, -0.2) is 4.79 Å². The van der Waals surface area contributed by atoms with Gasteiger partial charge in [0.1, 0.15) is 11.3 Å². The minimum absolute atomic E-state index is 0.182. The van der Waals surface area contributed by atoms with Crippen LogP contribution in [0.15, 0.2) is 10.5 Å². The van der Waals surface area contributed by atoms with Gasteiger partial charge in [-0.1, -0.05) is 0 Å². The molecule has 5 nitrogen and oxygen atoms in total. The molecule has 0 aliphatic carbocycles. The van der Waals surface area contributed by atoms with Crippen molar-refractivity contribution in [3.63, 3.8) is 0 Å². The average molecular weight is 305 g/mol. The zero-order valence-corrected chi connectivity index (χ0v) is 11.3. The van der Waals surface area contributed by atoms with Gasteiger partial charge in [-0.05, 0) is 27.6 Å². The fraction of sp³-hybridized carbons (Fsp3) is 0.364. The third kappa shape index (κ3) is 2.53. The van der Waals surface area contributed by atoms with E-state index in [0.717, 1.165) is 0 Å². The number of ether oxygens (including phenoxy) is 3. The van der Waals surface area contributed by atoms with E-state index in [-0.39, 0.29) is 17.9 Å². The van der Waals surface area contributed by atoms with Crippen LogP contribution >= 0.6 is 15.9 Å². The third-order valence-electron chi connectivity index (χ3n) is 2.24. The molecule has 1 rings (SSSR count). The fourth-order valence-corrected chi connectivity index (χ4v) is 2.02. The van der Waals surface area contributed by atoms with Crippen molar-refractivity contribution in [2.45, 2.75) is 6.61 Å². The number of esters is 1. The van der Waals surface area contributed by atoms with Crippen LogP contribution in [0.3, 0.4) is 0 Å². The summed E-state index contributed by atoms with van der Waals surface area (Å²) in [5.74, 6) is 0.00471. The van der Waals surface area contributed by atoms with Crippen LogP contribution in [0, 0.1) is 0 Å². The van der Waals surface area contributed by atoms with Gasteiger partial charge in [-0.2, -0.15) is 0 Å². The highest BCUT2D eigenvalue weighted by molar-refractivity contribution is 9.10. The first kappa shape index (κ1) is 13.8. The lowest BCUT2D eigenvalue weighted by Gasteiger charge is -2.15. The molecule has 0 fully saturated rings. The normalized spacial score (nSPS) is 9.94. The molecule has 0 heterocycles. The lowest BCUT2D eigenvalue weighted by Crippen LogP contribution is -2.08. The van der Waals surface area contributed by atoms with Crippen LogP contribution < -0.4 is 9.47 Å². The number of rotatable bonds is 4. The number of halogens is 1. The summed E-state index contributed by atoms with van der Waals surface area (Å²) in [6.07, 6.45) is 0. The first-order valence-corrected chi connectivity index (χ1v) is 5.52. The molecule has 0 spiro atoms. The van der Waals surface area contributed by atoms with Gasteiger partial charge in [0.25, 0.3) is 0 Å². The number of hydrogen-bond acceptors (Lipinski definition) is 5. The van der Waals surface area contributed by atoms with E-state index >= 15 is 0 Å². The summed E-state index contributed by atoms with van der Waals surface area (Å²) < 4.78 is 15.4. The Labute approximate surface area is 107 Å². The van der Waals surface area contributed by atoms with Crippen molar-refractivity contribution in [2.24, 2.45) is 0 Å². The summed E-state index contributed by atoms with van der Waals surface area (Å²) in [5.41, 5.74) is 0.743. The number of methoxy groups -OCH3 is 3. The van der Waals surface area contributed by atoms with Gasteiger partial charge in [-0.15, -0.1) is 0 Å². The molecular weight excluding hydrogens is 292 g/mol. The lowest BCUT2D eigenvalue weighted by molar-refractivity contribution is 0.0593. The lowest BCUT2D eigenvalue weighted by atomic mass is 10.1. The topological polar surface area (TPSA) is 65.0 Å². The molecule has 0 aliphatic rings. The molecule has 0 saturated carbocycles. The Kier molecular flexibility index (Phi) is 4.77. The minimum Gasteiger partial charge on any atom is -0.496 e. The summed E-state index contributed by atoms with van der Waals surface area (Å²) in [6, 6.07) is 1.55. The first-order chi connectivity index (χ1) is 8.10. The Bertz CT molecular complexity index is 430. The van der Waals surface area contributed by atoms with Crippen LogP contribution in [-0.4, -0.2) is 32.4 Å². The molecule has 1 aromatic rings. The monoisotopic (exact) mass is 304 g/mol. The van der Waals surface area contributed by atoms with E-state index in [2.05, 4.69) is 20.7 Å². The maximum atomic E-state index is 11.7. The van der Waals surface area contributed by atoms with Gasteiger partial charge >= 0.3 is 5.97 Å². The molecule has 17 heavy (non-hydrogen) atoms. The van der Waals surface area contributed by atoms with Gasteiger partial charge in [0, 0.05) is 0 Å². The van der Waals surface area contributed by atoms with Crippen LogP contribution in [0.25, 0.3) is 0 Å². The van der Waals surface area contributed by atoms with E-state index in [1.165, 1.54) is 21.3 Å². The van der Waals surface area contributed by atoms with Crippen LogP contribution in [0.4, 0.5) is 0 Å². The predicted molar refractivity (Wildman–Crippen MR) is 64.5 cm³/mol. The molecule has 0 unspecified atom stereocenters. The zero-order chi connectivity index (χ0) is 13.0. The Morgan fingerprint density at radius 3 is 2.41 bits per heavy atom. The fourth-order valence-electron chi connectivity index (χ4n) is 1.42. The summed E-state index contributed by atoms with van der Waals surface area (Å²) >= 11 is 3.26. The van der Waals surface area contributed by atoms with Gasteiger partial charge in [0.2, 0.25) is 0 Å². The molecular formula is C11H13BrO5. The number of aliphatic hydroxyl groups excluding tert-OH is 1. The van der Waals surface area contributed by atoms with Crippen LogP contribution in [0.5, 0.6) is 11.5 Å². The van der Waals surface area contributed by atoms with E-state index in [9.17, 15) is 9.90 Å². The van der Waals surface area contributed by atoms with Gasteiger partial charge in [0.15, 0.2) is 5.75 Å². The molecule has 6 heteroatoms. The standard InChI is InChI=1S/C11H13BrO5/c1-15-7-4-6(5-13)9(12)10(16-2)8(7)11(14)17-3/h4,13H,5H2,1-3H3. The highest BCUT2D eigenvalue weighted by Crippen LogP contribution is 2.39. The van der Waals surface area contributed by atoms with Gasteiger partial charge in [0.05, 0.1) is 32.4 Å². The number of carbonyl (C=O) groups excluding carboxylic acids is 1. The van der Waals surface area contributed by atoms with Crippen molar-refractivity contribution in [3.8, 4) is 11.5 Å². The van der Waals surface area contributed by atoms with Crippen molar-refractivity contribution in [1.82, 2.24) is 0 Å². The summed E-state index contributed by atoms with van der Waals surface area (Å²) in [5, 5.41) is 9.19. The first-order valence-electron chi connectivity index (χ1n) is 4.73. The zero-order valence-electron chi connectivity index (χ0n) is 9.74. The Hall–Kier alpha value is -1.27. The molecule has 0 amide bonds.